The van der Waals surface area contributed by atoms with Crippen LogP contribution in [0.3, 0.4) is 0 Å². The van der Waals surface area contributed by atoms with Crippen molar-refractivity contribution in [3.8, 4) is 5.75 Å². The van der Waals surface area contributed by atoms with Crippen molar-refractivity contribution in [3.05, 3.63) is 52.2 Å². The van der Waals surface area contributed by atoms with Gasteiger partial charge in [-0.05, 0) is 29.5 Å². The normalized spacial score (nSPS) is 10.1. The summed E-state index contributed by atoms with van der Waals surface area (Å²) < 4.78 is 5.27. The first kappa shape index (κ1) is 14.4. The van der Waals surface area contributed by atoms with Gasteiger partial charge in [0, 0.05) is 11.4 Å². The summed E-state index contributed by atoms with van der Waals surface area (Å²) >= 11 is 1.63. The number of thiophene rings is 1. The predicted octanol–water partition coefficient (Wildman–Crippen LogP) is 2.80. The number of benzene rings is 1. The van der Waals surface area contributed by atoms with E-state index in [1.54, 1.807) is 18.4 Å². The Balaban J connectivity index is 1.71. The minimum absolute atomic E-state index is 0.145. The number of para-hydroxylation sites is 1. The van der Waals surface area contributed by atoms with E-state index in [-0.39, 0.29) is 6.03 Å². The van der Waals surface area contributed by atoms with E-state index in [1.165, 1.54) is 0 Å². The summed E-state index contributed by atoms with van der Waals surface area (Å²) in [4.78, 5) is 12.8. The van der Waals surface area contributed by atoms with Crippen LogP contribution in [0.15, 0.2) is 41.8 Å². The van der Waals surface area contributed by atoms with Crippen molar-refractivity contribution in [1.82, 2.24) is 10.6 Å². The van der Waals surface area contributed by atoms with E-state index in [9.17, 15) is 4.79 Å². The molecule has 0 radical (unpaired) electrons. The highest BCUT2D eigenvalue weighted by molar-refractivity contribution is 7.09. The van der Waals surface area contributed by atoms with Crippen LogP contribution in [-0.4, -0.2) is 19.7 Å². The van der Waals surface area contributed by atoms with Crippen LogP contribution in [0.2, 0.25) is 0 Å². The first-order valence-corrected chi connectivity index (χ1v) is 7.33. The van der Waals surface area contributed by atoms with Gasteiger partial charge in [0.05, 0.1) is 13.7 Å². The highest BCUT2D eigenvalue weighted by Gasteiger charge is 2.03. The van der Waals surface area contributed by atoms with Gasteiger partial charge in [-0.1, -0.05) is 24.3 Å². The van der Waals surface area contributed by atoms with Crippen LogP contribution in [0, 0.1) is 0 Å². The van der Waals surface area contributed by atoms with Gasteiger partial charge in [-0.15, -0.1) is 11.3 Å². The third-order valence-electron chi connectivity index (χ3n) is 2.88. The van der Waals surface area contributed by atoms with Gasteiger partial charge in [0.25, 0.3) is 0 Å². The van der Waals surface area contributed by atoms with Crippen molar-refractivity contribution in [2.45, 2.75) is 13.0 Å². The average Bonchev–Trinajstić information content (AvgIpc) is 2.99. The van der Waals surface area contributed by atoms with Crippen LogP contribution < -0.4 is 15.4 Å². The fourth-order valence-electron chi connectivity index (χ4n) is 1.86. The molecule has 0 saturated carbocycles. The van der Waals surface area contributed by atoms with Gasteiger partial charge < -0.3 is 15.4 Å². The number of carbonyl (C=O) groups excluding carboxylic acids is 1. The SMILES string of the molecule is COc1ccccc1CCNC(=O)NCc1cccs1. The quantitative estimate of drug-likeness (QED) is 0.859. The number of methoxy groups -OCH3 is 1. The highest BCUT2D eigenvalue weighted by atomic mass is 32.1. The second kappa shape index (κ2) is 7.55. The van der Waals surface area contributed by atoms with Crippen molar-refractivity contribution in [1.29, 1.82) is 0 Å². The van der Waals surface area contributed by atoms with E-state index >= 15 is 0 Å². The van der Waals surface area contributed by atoms with E-state index in [2.05, 4.69) is 10.6 Å². The van der Waals surface area contributed by atoms with Crippen molar-refractivity contribution < 1.29 is 9.53 Å². The molecule has 0 bridgehead atoms. The third kappa shape index (κ3) is 4.28. The molecule has 1 aromatic heterocycles. The molecule has 0 saturated heterocycles. The Bertz CT molecular complexity index is 541. The number of hydrogen-bond acceptors (Lipinski definition) is 3. The maximum atomic E-state index is 11.6. The van der Waals surface area contributed by atoms with E-state index in [1.807, 2.05) is 41.8 Å². The summed E-state index contributed by atoms with van der Waals surface area (Å²) in [6, 6.07) is 11.7. The summed E-state index contributed by atoms with van der Waals surface area (Å²) in [5.41, 5.74) is 1.09. The predicted molar refractivity (Wildman–Crippen MR) is 81.3 cm³/mol. The molecule has 0 atom stereocenters. The summed E-state index contributed by atoms with van der Waals surface area (Å²) in [5.74, 6) is 0.855. The first-order valence-electron chi connectivity index (χ1n) is 6.45. The number of amides is 2. The standard InChI is InChI=1S/C15H18N2O2S/c1-19-14-7-3-2-5-12(14)8-9-16-15(18)17-11-13-6-4-10-20-13/h2-7,10H,8-9,11H2,1H3,(H2,16,17,18). The average molecular weight is 290 g/mol. The minimum Gasteiger partial charge on any atom is -0.496 e. The number of hydrogen-bond donors (Lipinski definition) is 2. The Morgan fingerprint density at radius 1 is 1.20 bits per heavy atom. The Hall–Kier alpha value is -2.01. The molecule has 0 unspecified atom stereocenters. The van der Waals surface area contributed by atoms with Crippen LogP contribution in [0.1, 0.15) is 10.4 Å². The van der Waals surface area contributed by atoms with Gasteiger partial charge in [0.1, 0.15) is 5.75 Å². The molecule has 20 heavy (non-hydrogen) atoms. The molecule has 0 aliphatic rings. The smallest absolute Gasteiger partial charge is 0.315 e. The largest absolute Gasteiger partial charge is 0.496 e. The molecule has 2 amide bonds. The van der Waals surface area contributed by atoms with Crippen LogP contribution in [0.4, 0.5) is 4.79 Å². The van der Waals surface area contributed by atoms with Crippen molar-refractivity contribution in [2.24, 2.45) is 0 Å². The topological polar surface area (TPSA) is 50.4 Å². The van der Waals surface area contributed by atoms with Crippen LogP contribution >= 0.6 is 11.3 Å². The first-order chi connectivity index (χ1) is 9.79. The van der Waals surface area contributed by atoms with Crippen LogP contribution in [0.25, 0.3) is 0 Å². The Labute approximate surface area is 122 Å². The van der Waals surface area contributed by atoms with Gasteiger partial charge in [-0.2, -0.15) is 0 Å². The molecule has 0 aliphatic carbocycles. The maximum Gasteiger partial charge on any atom is 0.315 e. The second-order valence-corrected chi connectivity index (χ2v) is 5.28. The number of ether oxygens (including phenoxy) is 1. The molecule has 2 aromatic rings. The van der Waals surface area contributed by atoms with E-state index < -0.39 is 0 Å². The van der Waals surface area contributed by atoms with Gasteiger partial charge in [-0.3, -0.25) is 0 Å². The molecule has 2 rings (SSSR count). The molecule has 0 fully saturated rings. The zero-order chi connectivity index (χ0) is 14.2. The summed E-state index contributed by atoms with van der Waals surface area (Å²) in [6.07, 6.45) is 0.746. The van der Waals surface area contributed by atoms with E-state index in [0.717, 1.165) is 22.6 Å². The van der Waals surface area contributed by atoms with Crippen molar-refractivity contribution in [3.63, 3.8) is 0 Å². The zero-order valence-electron chi connectivity index (χ0n) is 11.4. The van der Waals surface area contributed by atoms with Gasteiger partial charge in [-0.25, -0.2) is 4.79 Å². The fraction of sp³-hybridized carbons (Fsp3) is 0.267. The molecule has 5 heteroatoms. The summed E-state index contributed by atoms with van der Waals surface area (Å²) in [6.45, 7) is 1.15. The fourth-order valence-corrected chi connectivity index (χ4v) is 2.51. The van der Waals surface area contributed by atoms with Crippen molar-refractivity contribution in [2.75, 3.05) is 13.7 Å². The maximum absolute atomic E-state index is 11.6. The monoisotopic (exact) mass is 290 g/mol. The molecule has 1 heterocycles. The number of nitrogens with one attached hydrogen (secondary N) is 2. The van der Waals surface area contributed by atoms with Gasteiger partial charge >= 0.3 is 6.03 Å². The molecule has 0 aliphatic heterocycles. The minimum atomic E-state index is -0.145. The second-order valence-electron chi connectivity index (χ2n) is 4.25. The lowest BCUT2D eigenvalue weighted by Crippen LogP contribution is -2.36. The molecule has 0 spiro atoms. The Morgan fingerprint density at radius 3 is 2.80 bits per heavy atom. The zero-order valence-corrected chi connectivity index (χ0v) is 12.2. The number of rotatable bonds is 6. The van der Waals surface area contributed by atoms with Crippen LogP contribution in [0.5, 0.6) is 5.75 Å². The van der Waals surface area contributed by atoms with E-state index in [4.69, 9.17) is 4.74 Å². The molecular formula is C15H18N2O2S. The Kier molecular flexibility index (Phi) is 5.43. The Morgan fingerprint density at radius 2 is 2.05 bits per heavy atom. The van der Waals surface area contributed by atoms with Crippen LogP contribution in [-0.2, 0) is 13.0 Å². The van der Waals surface area contributed by atoms with E-state index in [0.29, 0.717) is 13.1 Å². The summed E-state index contributed by atoms with van der Waals surface area (Å²) in [7, 11) is 1.65. The number of carbonyl (C=O) groups is 1. The lowest BCUT2D eigenvalue weighted by atomic mass is 10.1. The lowest BCUT2D eigenvalue weighted by Gasteiger charge is -2.09. The molecule has 2 N–H and O–H groups in total. The van der Waals surface area contributed by atoms with Gasteiger partial charge in [0.15, 0.2) is 0 Å². The highest BCUT2D eigenvalue weighted by Crippen LogP contribution is 2.17. The molecule has 106 valence electrons. The summed E-state index contributed by atoms with van der Waals surface area (Å²) in [5, 5.41) is 7.67. The lowest BCUT2D eigenvalue weighted by molar-refractivity contribution is 0.240. The molecular weight excluding hydrogens is 272 g/mol. The van der Waals surface area contributed by atoms with Crippen molar-refractivity contribution >= 4 is 17.4 Å². The third-order valence-corrected chi connectivity index (χ3v) is 3.75. The number of urea groups is 1. The molecule has 4 nitrogen and oxygen atoms in total. The molecule has 1 aromatic carbocycles. The van der Waals surface area contributed by atoms with Gasteiger partial charge in [0.2, 0.25) is 0 Å².